The van der Waals surface area contributed by atoms with Gasteiger partial charge in [0.15, 0.2) is 0 Å². The van der Waals surface area contributed by atoms with E-state index in [9.17, 15) is 4.79 Å². The molecule has 1 amide bonds. The molecular formula is C23H29ClN2O3. The zero-order chi connectivity index (χ0) is 20.3. The van der Waals surface area contributed by atoms with E-state index in [4.69, 9.17) is 20.8 Å². The van der Waals surface area contributed by atoms with Crippen LogP contribution in [0.25, 0.3) is 0 Å². The Bertz CT molecular complexity index is 838. The van der Waals surface area contributed by atoms with Crippen molar-refractivity contribution < 1.29 is 13.9 Å². The first kappa shape index (κ1) is 20.5. The van der Waals surface area contributed by atoms with E-state index in [1.54, 1.807) is 0 Å². The van der Waals surface area contributed by atoms with E-state index in [-0.39, 0.29) is 11.9 Å². The van der Waals surface area contributed by atoms with Crippen molar-refractivity contribution in [1.82, 2.24) is 10.2 Å². The van der Waals surface area contributed by atoms with Gasteiger partial charge in [0.05, 0.1) is 24.7 Å². The van der Waals surface area contributed by atoms with E-state index >= 15 is 0 Å². The van der Waals surface area contributed by atoms with E-state index in [1.165, 1.54) is 0 Å². The van der Waals surface area contributed by atoms with Gasteiger partial charge in [-0.05, 0) is 49.6 Å². The number of benzene rings is 1. The van der Waals surface area contributed by atoms with Crippen molar-refractivity contribution in [2.75, 3.05) is 32.8 Å². The van der Waals surface area contributed by atoms with Gasteiger partial charge in [-0.1, -0.05) is 36.6 Å². The van der Waals surface area contributed by atoms with Gasteiger partial charge in [-0.15, -0.1) is 0 Å². The molecule has 2 fully saturated rings. The molecule has 2 aromatic rings. The third kappa shape index (κ3) is 4.37. The lowest BCUT2D eigenvalue weighted by atomic mass is 9.78. The number of hydrogen-bond donors (Lipinski definition) is 1. The van der Waals surface area contributed by atoms with Crippen LogP contribution in [0, 0.1) is 6.92 Å². The molecule has 6 heteroatoms. The highest BCUT2D eigenvalue weighted by molar-refractivity contribution is 6.30. The first-order chi connectivity index (χ1) is 14.1. The summed E-state index contributed by atoms with van der Waals surface area (Å²) in [6.45, 7) is 5.55. The number of rotatable bonds is 6. The summed E-state index contributed by atoms with van der Waals surface area (Å²) < 4.78 is 11.4. The van der Waals surface area contributed by atoms with Crippen LogP contribution in [0.4, 0.5) is 0 Å². The van der Waals surface area contributed by atoms with Crippen LogP contribution < -0.4 is 5.32 Å². The van der Waals surface area contributed by atoms with Crippen molar-refractivity contribution in [2.24, 2.45) is 0 Å². The Balaban J connectivity index is 1.53. The summed E-state index contributed by atoms with van der Waals surface area (Å²) in [5.74, 6) is 1.88. The largest absolute Gasteiger partial charge is 0.465 e. The second-order valence-corrected chi connectivity index (χ2v) is 8.56. The summed E-state index contributed by atoms with van der Waals surface area (Å²) in [5, 5.41) is 3.94. The number of nitrogens with one attached hydrogen (secondary N) is 1. The zero-order valence-electron chi connectivity index (χ0n) is 17.0. The minimum absolute atomic E-state index is 0.00867. The number of halogens is 1. The average molecular weight is 417 g/mol. The van der Waals surface area contributed by atoms with Gasteiger partial charge in [0.1, 0.15) is 11.5 Å². The molecule has 1 aliphatic carbocycles. The Hall–Kier alpha value is -1.82. The summed E-state index contributed by atoms with van der Waals surface area (Å²) in [6, 6.07) is 11.8. The van der Waals surface area contributed by atoms with Crippen LogP contribution in [0.15, 0.2) is 40.8 Å². The molecule has 29 heavy (non-hydrogen) atoms. The van der Waals surface area contributed by atoms with Gasteiger partial charge < -0.3 is 14.5 Å². The maximum absolute atomic E-state index is 13.5. The molecule has 0 spiro atoms. The van der Waals surface area contributed by atoms with Crippen molar-refractivity contribution >= 4 is 17.5 Å². The van der Waals surface area contributed by atoms with E-state index in [0.717, 1.165) is 55.9 Å². The molecule has 1 saturated carbocycles. The Morgan fingerprint density at radius 2 is 1.97 bits per heavy atom. The van der Waals surface area contributed by atoms with Crippen molar-refractivity contribution in [3.63, 3.8) is 0 Å². The van der Waals surface area contributed by atoms with Crippen LogP contribution in [0.1, 0.15) is 48.8 Å². The van der Waals surface area contributed by atoms with Crippen LogP contribution in [0.3, 0.4) is 0 Å². The predicted molar refractivity (Wildman–Crippen MR) is 113 cm³/mol. The molecule has 156 valence electrons. The van der Waals surface area contributed by atoms with E-state index in [0.29, 0.717) is 24.8 Å². The molecule has 0 radical (unpaired) electrons. The smallest absolute Gasteiger partial charge is 0.230 e. The monoisotopic (exact) mass is 416 g/mol. The fourth-order valence-electron chi connectivity index (χ4n) is 4.70. The van der Waals surface area contributed by atoms with E-state index < -0.39 is 5.41 Å². The first-order valence-corrected chi connectivity index (χ1v) is 10.9. The van der Waals surface area contributed by atoms with Gasteiger partial charge in [0.25, 0.3) is 0 Å². The summed E-state index contributed by atoms with van der Waals surface area (Å²) >= 11 is 6.24. The maximum Gasteiger partial charge on any atom is 0.230 e. The van der Waals surface area contributed by atoms with Crippen molar-refractivity contribution in [3.05, 3.63) is 58.5 Å². The molecule has 5 nitrogen and oxygen atoms in total. The van der Waals surface area contributed by atoms with E-state index in [2.05, 4.69) is 10.2 Å². The highest BCUT2D eigenvalue weighted by Gasteiger charge is 2.43. The number of furan rings is 1. The molecular weight excluding hydrogens is 388 g/mol. The molecule has 1 saturated heterocycles. The molecule has 2 aliphatic rings. The Morgan fingerprint density at radius 1 is 1.21 bits per heavy atom. The molecule has 0 bridgehead atoms. The molecule has 1 N–H and O–H groups in total. The number of morpholine rings is 1. The lowest BCUT2D eigenvalue weighted by molar-refractivity contribution is -0.127. The second-order valence-electron chi connectivity index (χ2n) is 8.12. The van der Waals surface area contributed by atoms with Gasteiger partial charge >= 0.3 is 0 Å². The quantitative estimate of drug-likeness (QED) is 0.765. The van der Waals surface area contributed by atoms with Crippen LogP contribution in [-0.4, -0.2) is 43.7 Å². The molecule has 1 aromatic heterocycles. The lowest BCUT2D eigenvalue weighted by Crippen LogP contribution is -2.48. The Labute approximate surface area is 177 Å². The van der Waals surface area contributed by atoms with Crippen molar-refractivity contribution in [3.8, 4) is 0 Å². The number of nitrogens with zero attached hydrogens (tertiary/aromatic N) is 1. The second kappa shape index (κ2) is 8.90. The summed E-state index contributed by atoms with van der Waals surface area (Å²) in [7, 11) is 0. The number of ether oxygens (including phenoxy) is 1. The van der Waals surface area contributed by atoms with Gasteiger partial charge in [0, 0.05) is 24.7 Å². The van der Waals surface area contributed by atoms with E-state index in [1.807, 2.05) is 43.3 Å². The Kier molecular flexibility index (Phi) is 6.28. The minimum atomic E-state index is -0.487. The van der Waals surface area contributed by atoms with Gasteiger partial charge in [-0.3, -0.25) is 9.69 Å². The highest BCUT2D eigenvalue weighted by Crippen LogP contribution is 2.42. The van der Waals surface area contributed by atoms with Crippen LogP contribution >= 0.6 is 11.6 Å². The van der Waals surface area contributed by atoms with Crippen LogP contribution in [0.2, 0.25) is 5.02 Å². The number of carbonyl (C=O) groups excluding carboxylic acids is 1. The van der Waals surface area contributed by atoms with Crippen LogP contribution in [0.5, 0.6) is 0 Å². The highest BCUT2D eigenvalue weighted by atomic mass is 35.5. The average Bonchev–Trinajstić information content (AvgIpc) is 3.39. The maximum atomic E-state index is 13.5. The zero-order valence-corrected chi connectivity index (χ0v) is 17.7. The standard InChI is InChI=1S/C23H29ClN2O3/c1-17-7-8-21(29-17)20(26-11-13-28-14-12-26)16-25-22(27)23(9-2-3-10-23)18-5-4-6-19(24)15-18/h4-8,15,20H,2-3,9-14,16H2,1H3,(H,25,27). The summed E-state index contributed by atoms with van der Waals surface area (Å²) in [4.78, 5) is 15.8. The van der Waals surface area contributed by atoms with Gasteiger partial charge in [-0.25, -0.2) is 0 Å². The molecule has 4 rings (SSSR count). The third-order valence-electron chi connectivity index (χ3n) is 6.30. The molecule has 1 aromatic carbocycles. The Morgan fingerprint density at radius 3 is 2.62 bits per heavy atom. The molecule has 2 heterocycles. The topological polar surface area (TPSA) is 54.7 Å². The third-order valence-corrected chi connectivity index (χ3v) is 6.54. The molecule has 1 atom stereocenters. The van der Waals surface area contributed by atoms with Gasteiger partial charge in [0.2, 0.25) is 5.91 Å². The minimum Gasteiger partial charge on any atom is -0.465 e. The number of aryl methyl sites for hydroxylation is 1. The fraction of sp³-hybridized carbons (Fsp3) is 0.522. The summed E-state index contributed by atoms with van der Waals surface area (Å²) in [5.41, 5.74) is 0.538. The van der Waals surface area contributed by atoms with Crippen molar-refractivity contribution in [2.45, 2.75) is 44.1 Å². The number of carbonyl (C=O) groups is 1. The first-order valence-electron chi connectivity index (χ1n) is 10.5. The van der Waals surface area contributed by atoms with Gasteiger partial charge in [-0.2, -0.15) is 0 Å². The summed E-state index contributed by atoms with van der Waals surface area (Å²) in [6.07, 6.45) is 3.84. The molecule has 1 aliphatic heterocycles. The molecule has 1 unspecified atom stereocenters. The fourth-order valence-corrected chi connectivity index (χ4v) is 4.89. The van der Waals surface area contributed by atoms with Crippen molar-refractivity contribution in [1.29, 1.82) is 0 Å². The number of amides is 1. The predicted octanol–water partition coefficient (Wildman–Crippen LogP) is 4.24. The number of hydrogen-bond acceptors (Lipinski definition) is 4. The lowest BCUT2D eigenvalue weighted by Gasteiger charge is -2.35. The normalized spacial score (nSPS) is 20.5. The SMILES string of the molecule is Cc1ccc(C(CNC(=O)C2(c3cccc(Cl)c3)CCCC2)N2CCOCC2)o1. The van der Waals surface area contributed by atoms with Crippen LogP contribution in [-0.2, 0) is 14.9 Å².